The van der Waals surface area contributed by atoms with Gasteiger partial charge in [0.15, 0.2) is 6.29 Å². The number of rotatable bonds is 6. The molecule has 3 heteroatoms. The van der Waals surface area contributed by atoms with Crippen molar-refractivity contribution in [1.29, 1.82) is 0 Å². The van der Waals surface area contributed by atoms with Gasteiger partial charge in [-0.3, -0.25) is 0 Å². The highest BCUT2D eigenvalue weighted by Crippen LogP contribution is 2.25. The van der Waals surface area contributed by atoms with E-state index in [9.17, 15) is 5.11 Å². The topological polar surface area (TPSA) is 49.7 Å². The lowest BCUT2D eigenvalue weighted by molar-refractivity contribution is -0.157. The maximum Gasteiger partial charge on any atom is 0.180 e. The van der Waals surface area contributed by atoms with Crippen LogP contribution in [0.15, 0.2) is 0 Å². The summed E-state index contributed by atoms with van der Waals surface area (Å²) in [5.41, 5.74) is 0.336. The van der Waals surface area contributed by atoms with Crippen molar-refractivity contribution in [3.8, 4) is 0 Å². The molecular weight excluding hydrogens is 192 g/mol. The Morgan fingerprint density at radius 3 is 2.07 bits per heavy atom. The van der Waals surface area contributed by atoms with Crippen molar-refractivity contribution in [2.24, 2.45) is 11.3 Å². The fraction of sp³-hybridized carbons (Fsp3) is 1.00. The van der Waals surface area contributed by atoms with Crippen molar-refractivity contribution in [3.05, 3.63) is 0 Å². The van der Waals surface area contributed by atoms with Crippen LogP contribution in [0.2, 0.25) is 0 Å². The van der Waals surface area contributed by atoms with Crippen molar-refractivity contribution in [2.45, 2.75) is 59.9 Å². The van der Waals surface area contributed by atoms with E-state index in [1.165, 1.54) is 6.92 Å². The molecule has 3 nitrogen and oxygen atoms in total. The maximum absolute atomic E-state index is 9.20. The molecule has 0 aliphatic carbocycles. The molecule has 0 aliphatic rings. The fourth-order valence-electron chi connectivity index (χ4n) is 1.68. The van der Waals surface area contributed by atoms with Crippen molar-refractivity contribution in [1.82, 2.24) is 0 Å². The summed E-state index contributed by atoms with van der Waals surface area (Å²) in [5, 5.41) is 18.2. The molecule has 0 spiro atoms. The summed E-state index contributed by atoms with van der Waals surface area (Å²) in [6.45, 7) is 10.9. The average molecular weight is 218 g/mol. The molecule has 15 heavy (non-hydrogen) atoms. The highest BCUT2D eigenvalue weighted by molar-refractivity contribution is 4.66. The van der Waals surface area contributed by atoms with E-state index in [0.717, 1.165) is 12.8 Å². The van der Waals surface area contributed by atoms with Gasteiger partial charge in [0.05, 0.1) is 6.61 Å². The van der Waals surface area contributed by atoms with Crippen LogP contribution in [-0.2, 0) is 4.74 Å². The Kier molecular flexibility index (Phi) is 6.41. The lowest BCUT2D eigenvalue weighted by Gasteiger charge is -2.23. The van der Waals surface area contributed by atoms with E-state index in [2.05, 4.69) is 27.7 Å². The van der Waals surface area contributed by atoms with Gasteiger partial charge < -0.3 is 14.9 Å². The van der Waals surface area contributed by atoms with Gasteiger partial charge in [-0.05, 0) is 31.1 Å². The summed E-state index contributed by atoms with van der Waals surface area (Å²) in [6.07, 6.45) is 0.192. The van der Waals surface area contributed by atoms with Crippen LogP contribution in [-0.4, -0.2) is 29.2 Å². The van der Waals surface area contributed by atoms with Crippen molar-refractivity contribution >= 4 is 0 Å². The van der Waals surface area contributed by atoms with Gasteiger partial charge in [-0.25, -0.2) is 0 Å². The van der Waals surface area contributed by atoms with E-state index < -0.39 is 12.4 Å². The first-order valence-corrected chi connectivity index (χ1v) is 5.70. The minimum absolute atomic E-state index is 0.336. The van der Waals surface area contributed by atoms with Crippen LogP contribution in [0.4, 0.5) is 0 Å². The van der Waals surface area contributed by atoms with Crippen LogP contribution in [0.3, 0.4) is 0 Å². The highest BCUT2D eigenvalue weighted by Gasteiger charge is 2.16. The number of hydrogen-bond donors (Lipinski definition) is 2. The lowest BCUT2D eigenvalue weighted by Crippen LogP contribution is -2.26. The molecular formula is C12H26O3. The minimum Gasteiger partial charge on any atom is -0.388 e. The van der Waals surface area contributed by atoms with Crippen LogP contribution in [0, 0.1) is 11.3 Å². The van der Waals surface area contributed by atoms with Crippen LogP contribution in [0.5, 0.6) is 0 Å². The molecule has 0 amide bonds. The van der Waals surface area contributed by atoms with Gasteiger partial charge in [-0.15, -0.1) is 0 Å². The molecule has 3 unspecified atom stereocenters. The quantitative estimate of drug-likeness (QED) is 0.672. The van der Waals surface area contributed by atoms with Crippen molar-refractivity contribution in [3.63, 3.8) is 0 Å². The predicted octanol–water partition coefficient (Wildman–Crippen LogP) is 2.16. The van der Waals surface area contributed by atoms with Crippen LogP contribution >= 0.6 is 0 Å². The SMILES string of the molecule is CC(CCOC(O)C(C)O)CC(C)(C)C. The zero-order valence-electron chi connectivity index (χ0n) is 10.7. The number of hydrogen-bond acceptors (Lipinski definition) is 3. The number of ether oxygens (including phenoxy) is 1. The molecule has 0 aromatic rings. The highest BCUT2D eigenvalue weighted by atomic mass is 16.6. The normalized spacial score (nSPS) is 18.6. The van der Waals surface area contributed by atoms with Gasteiger partial charge in [0.1, 0.15) is 6.10 Å². The molecule has 3 atom stereocenters. The Hall–Kier alpha value is -0.120. The second kappa shape index (κ2) is 6.46. The van der Waals surface area contributed by atoms with Gasteiger partial charge in [-0.2, -0.15) is 0 Å². The van der Waals surface area contributed by atoms with Crippen LogP contribution in [0.25, 0.3) is 0 Å². The standard InChI is InChI=1S/C12H26O3/c1-9(8-12(3,4)5)6-7-15-11(14)10(2)13/h9-11,13-14H,6-8H2,1-5H3. The first-order valence-electron chi connectivity index (χ1n) is 5.70. The Morgan fingerprint density at radius 1 is 1.13 bits per heavy atom. The summed E-state index contributed by atoms with van der Waals surface area (Å²) in [4.78, 5) is 0. The molecule has 0 aromatic heterocycles. The van der Waals surface area contributed by atoms with E-state index >= 15 is 0 Å². The summed E-state index contributed by atoms with van der Waals surface area (Å²) in [7, 11) is 0. The van der Waals surface area contributed by atoms with Gasteiger partial charge in [0.25, 0.3) is 0 Å². The van der Waals surface area contributed by atoms with Gasteiger partial charge in [0.2, 0.25) is 0 Å². The summed E-state index contributed by atoms with van der Waals surface area (Å²) >= 11 is 0. The molecule has 0 rings (SSSR count). The maximum atomic E-state index is 9.20. The largest absolute Gasteiger partial charge is 0.388 e. The average Bonchev–Trinajstić information content (AvgIpc) is 2.00. The molecule has 92 valence electrons. The molecule has 0 aromatic carbocycles. The number of aliphatic hydroxyl groups is 2. The lowest BCUT2D eigenvalue weighted by atomic mass is 9.84. The molecule has 0 aliphatic heterocycles. The Morgan fingerprint density at radius 2 is 1.67 bits per heavy atom. The molecule has 0 heterocycles. The third-order valence-electron chi connectivity index (χ3n) is 2.27. The summed E-state index contributed by atoms with van der Waals surface area (Å²) in [6, 6.07) is 0. The smallest absolute Gasteiger partial charge is 0.180 e. The van der Waals surface area contributed by atoms with Crippen molar-refractivity contribution < 1.29 is 14.9 Å². The molecule has 0 bridgehead atoms. The second-order valence-electron chi connectivity index (χ2n) is 5.66. The zero-order chi connectivity index (χ0) is 12.1. The summed E-state index contributed by atoms with van der Waals surface area (Å²) in [5.74, 6) is 0.575. The third kappa shape index (κ3) is 8.85. The van der Waals surface area contributed by atoms with E-state index in [1.807, 2.05) is 0 Å². The Labute approximate surface area is 93.5 Å². The molecule has 0 radical (unpaired) electrons. The predicted molar refractivity (Wildman–Crippen MR) is 61.5 cm³/mol. The molecule has 2 N–H and O–H groups in total. The van der Waals surface area contributed by atoms with Crippen molar-refractivity contribution in [2.75, 3.05) is 6.61 Å². The molecule has 0 saturated carbocycles. The fourth-order valence-corrected chi connectivity index (χ4v) is 1.68. The first-order chi connectivity index (χ1) is 6.72. The van der Waals surface area contributed by atoms with E-state index in [0.29, 0.717) is 17.9 Å². The summed E-state index contributed by atoms with van der Waals surface area (Å²) < 4.78 is 5.09. The monoisotopic (exact) mass is 218 g/mol. The van der Waals surface area contributed by atoms with Crippen LogP contribution in [0.1, 0.15) is 47.5 Å². The van der Waals surface area contributed by atoms with Gasteiger partial charge in [-0.1, -0.05) is 27.7 Å². The number of aliphatic hydroxyl groups excluding tert-OH is 2. The van der Waals surface area contributed by atoms with E-state index in [1.54, 1.807) is 0 Å². The van der Waals surface area contributed by atoms with Gasteiger partial charge in [0, 0.05) is 0 Å². The molecule has 0 saturated heterocycles. The van der Waals surface area contributed by atoms with E-state index in [-0.39, 0.29) is 0 Å². The third-order valence-corrected chi connectivity index (χ3v) is 2.27. The zero-order valence-corrected chi connectivity index (χ0v) is 10.7. The van der Waals surface area contributed by atoms with Crippen LogP contribution < -0.4 is 0 Å². The Bertz CT molecular complexity index is 161. The van der Waals surface area contributed by atoms with E-state index in [4.69, 9.17) is 9.84 Å². The first kappa shape index (κ1) is 14.9. The Balaban J connectivity index is 3.60. The molecule has 0 fully saturated rings. The minimum atomic E-state index is -1.05. The van der Waals surface area contributed by atoms with Gasteiger partial charge >= 0.3 is 0 Å². The second-order valence-corrected chi connectivity index (χ2v) is 5.66.